The number of imide groups is 1. The summed E-state index contributed by atoms with van der Waals surface area (Å²) in [6.07, 6.45) is 4.55. The smallest absolute Gasteiger partial charge is 0.247 e. The average molecular weight is 588 g/mol. The number of carbonyl (C=O) groups is 3. The second-order valence-corrected chi connectivity index (χ2v) is 11.3. The Kier molecular flexibility index (Phi) is 7.64. The number of halogens is 2. The topological polar surface area (TPSA) is 141 Å². The van der Waals surface area contributed by atoms with Crippen molar-refractivity contribution in [2.24, 2.45) is 0 Å². The molecule has 1 aliphatic heterocycles. The van der Waals surface area contributed by atoms with Crippen molar-refractivity contribution in [3.63, 3.8) is 0 Å². The lowest BCUT2D eigenvalue weighted by Crippen LogP contribution is -2.31. The van der Waals surface area contributed by atoms with Gasteiger partial charge in [-0.05, 0) is 78.4 Å². The van der Waals surface area contributed by atoms with E-state index in [1.165, 1.54) is 30.3 Å². The van der Waals surface area contributed by atoms with Crippen LogP contribution in [-0.4, -0.2) is 27.8 Å². The van der Waals surface area contributed by atoms with Gasteiger partial charge in [0, 0.05) is 22.0 Å². The van der Waals surface area contributed by atoms with Gasteiger partial charge in [-0.1, -0.05) is 41.0 Å². The zero-order chi connectivity index (χ0) is 28.6. The van der Waals surface area contributed by atoms with E-state index >= 15 is 0 Å². The maximum atomic E-state index is 13.3. The largest absolute Gasteiger partial charge is 0.383 e. The average Bonchev–Trinajstić information content (AvgIpc) is 3.73. The number of anilines is 2. The first-order valence-corrected chi connectivity index (χ1v) is 13.8. The number of benzene rings is 2. The highest BCUT2D eigenvalue weighted by Crippen LogP contribution is 2.47. The third-order valence-electron chi connectivity index (χ3n) is 6.59. The van der Waals surface area contributed by atoms with E-state index in [2.05, 4.69) is 11.1 Å². The molecule has 2 N–H and O–H groups in total. The molecule has 8 nitrogen and oxygen atoms in total. The first-order chi connectivity index (χ1) is 19.2. The molecule has 1 aromatic heterocycles. The Morgan fingerprint density at radius 1 is 1.07 bits per heavy atom. The minimum absolute atomic E-state index is 0.00664. The highest BCUT2D eigenvalue weighted by atomic mass is 35.5. The fraction of sp³-hybridized carbons (Fsp3) is 0.172. The maximum absolute atomic E-state index is 13.3. The first-order valence-electron chi connectivity index (χ1n) is 12.2. The van der Waals surface area contributed by atoms with E-state index in [-0.39, 0.29) is 40.1 Å². The Bertz CT molecular complexity index is 1690. The number of rotatable bonds is 7. The number of ketones is 1. The van der Waals surface area contributed by atoms with Crippen molar-refractivity contribution in [1.29, 1.82) is 10.5 Å². The maximum Gasteiger partial charge on any atom is 0.247 e. The molecule has 1 saturated carbocycles. The van der Waals surface area contributed by atoms with Gasteiger partial charge >= 0.3 is 0 Å². The molecule has 198 valence electrons. The first kappa shape index (κ1) is 27.4. The predicted octanol–water partition coefficient (Wildman–Crippen LogP) is 5.91. The SMILES string of the molecule is N#Cc1c(N)nc(S[C@H]2CC(=O)N(c3ccc(C(=O)/C=C/c4ccc(Cl)cc4Cl)cc3)C2=O)c(C#N)c1C1CC1. The highest BCUT2D eigenvalue weighted by Gasteiger charge is 2.42. The summed E-state index contributed by atoms with van der Waals surface area (Å²) in [4.78, 5) is 44.1. The number of hydrogen-bond acceptors (Lipinski definition) is 8. The van der Waals surface area contributed by atoms with Crippen LogP contribution in [0.5, 0.6) is 0 Å². The fourth-order valence-corrected chi connectivity index (χ4v) is 6.06. The molecule has 1 aliphatic carbocycles. The molecule has 2 amide bonds. The Morgan fingerprint density at radius 2 is 1.77 bits per heavy atom. The number of nitrogens with zero attached hydrogens (tertiary/aromatic N) is 4. The van der Waals surface area contributed by atoms with Crippen molar-refractivity contribution in [2.45, 2.75) is 35.5 Å². The third kappa shape index (κ3) is 5.32. The van der Waals surface area contributed by atoms with Crippen molar-refractivity contribution >= 4 is 70.1 Å². The number of allylic oxidation sites excluding steroid dienone is 1. The number of nitrogen functional groups attached to an aromatic ring is 1. The minimum Gasteiger partial charge on any atom is -0.383 e. The molecule has 0 radical (unpaired) electrons. The second-order valence-electron chi connectivity index (χ2n) is 9.25. The normalized spacial score (nSPS) is 16.8. The van der Waals surface area contributed by atoms with Crippen molar-refractivity contribution in [3.05, 3.63) is 86.4 Å². The summed E-state index contributed by atoms with van der Waals surface area (Å²) in [6.45, 7) is 0. The predicted molar refractivity (Wildman–Crippen MR) is 153 cm³/mol. The molecule has 2 fully saturated rings. The Balaban J connectivity index is 1.33. The van der Waals surface area contributed by atoms with E-state index < -0.39 is 17.1 Å². The second kappa shape index (κ2) is 11.1. The summed E-state index contributed by atoms with van der Waals surface area (Å²) in [6, 6.07) is 15.2. The van der Waals surface area contributed by atoms with Gasteiger partial charge in [0.25, 0.3) is 0 Å². The molecule has 2 heterocycles. The van der Waals surface area contributed by atoms with Crippen molar-refractivity contribution < 1.29 is 14.4 Å². The van der Waals surface area contributed by atoms with Crippen molar-refractivity contribution in [3.8, 4) is 12.1 Å². The molecule has 0 spiro atoms. The fourth-order valence-electron chi connectivity index (χ4n) is 4.47. The van der Waals surface area contributed by atoms with E-state index in [0.29, 0.717) is 32.4 Å². The van der Waals surface area contributed by atoms with Crippen LogP contribution in [0.2, 0.25) is 10.0 Å². The van der Waals surface area contributed by atoms with Crippen LogP contribution in [0.1, 0.15) is 57.8 Å². The zero-order valence-electron chi connectivity index (χ0n) is 20.7. The van der Waals surface area contributed by atoms with Gasteiger partial charge in [0.15, 0.2) is 5.78 Å². The van der Waals surface area contributed by atoms with Gasteiger partial charge in [-0.25, -0.2) is 9.88 Å². The van der Waals surface area contributed by atoms with E-state index in [0.717, 1.165) is 29.5 Å². The molecule has 0 unspecified atom stereocenters. The van der Waals surface area contributed by atoms with Crippen LogP contribution in [0.15, 0.2) is 53.6 Å². The molecular formula is C29H19Cl2N5O3S. The number of hydrogen-bond donors (Lipinski definition) is 1. The summed E-state index contributed by atoms with van der Waals surface area (Å²) in [5, 5.41) is 19.7. The molecule has 5 rings (SSSR count). The van der Waals surface area contributed by atoms with E-state index in [4.69, 9.17) is 28.9 Å². The molecule has 2 aliphatic rings. The molecule has 2 aromatic carbocycles. The quantitative estimate of drug-likeness (QED) is 0.204. The number of aromatic nitrogens is 1. The van der Waals surface area contributed by atoms with E-state index in [1.807, 2.05) is 6.07 Å². The van der Waals surface area contributed by atoms with E-state index in [1.54, 1.807) is 24.3 Å². The van der Waals surface area contributed by atoms with Gasteiger partial charge in [-0.2, -0.15) is 10.5 Å². The van der Waals surface area contributed by atoms with Crippen LogP contribution < -0.4 is 10.6 Å². The molecular weight excluding hydrogens is 569 g/mol. The third-order valence-corrected chi connectivity index (χ3v) is 8.32. The summed E-state index contributed by atoms with van der Waals surface area (Å²) >= 11 is 13.1. The number of amides is 2. The van der Waals surface area contributed by atoms with Crippen LogP contribution in [-0.2, 0) is 9.59 Å². The van der Waals surface area contributed by atoms with Crippen LogP contribution >= 0.6 is 35.0 Å². The Morgan fingerprint density at radius 3 is 2.40 bits per heavy atom. The number of carbonyl (C=O) groups excluding carboxylic acids is 3. The van der Waals surface area contributed by atoms with Crippen LogP contribution in [0.25, 0.3) is 6.08 Å². The van der Waals surface area contributed by atoms with Crippen LogP contribution in [0.3, 0.4) is 0 Å². The van der Waals surface area contributed by atoms with E-state index in [9.17, 15) is 24.9 Å². The number of nitrogens with two attached hydrogens (primary N) is 1. The summed E-state index contributed by atoms with van der Waals surface area (Å²) in [5.74, 6) is -1.10. The number of nitriles is 2. The lowest BCUT2D eigenvalue weighted by molar-refractivity contribution is -0.121. The lowest BCUT2D eigenvalue weighted by Gasteiger charge is -2.16. The Labute approximate surface area is 244 Å². The van der Waals surface area contributed by atoms with Crippen LogP contribution in [0.4, 0.5) is 11.5 Å². The molecule has 11 heteroatoms. The summed E-state index contributed by atoms with van der Waals surface area (Å²) in [5.41, 5.74) is 8.33. The van der Waals surface area contributed by atoms with Crippen molar-refractivity contribution in [1.82, 2.24) is 4.98 Å². The number of thioether (sulfide) groups is 1. The van der Waals surface area contributed by atoms with Crippen molar-refractivity contribution in [2.75, 3.05) is 10.6 Å². The number of pyridine rings is 1. The Hall–Kier alpha value is -4.15. The summed E-state index contributed by atoms with van der Waals surface area (Å²) in [7, 11) is 0. The molecule has 0 bridgehead atoms. The van der Waals surface area contributed by atoms with Gasteiger partial charge in [0.2, 0.25) is 11.8 Å². The lowest BCUT2D eigenvalue weighted by atomic mass is 10.0. The molecule has 1 saturated heterocycles. The van der Waals surface area contributed by atoms with Gasteiger partial charge in [-0.15, -0.1) is 0 Å². The van der Waals surface area contributed by atoms with Gasteiger partial charge in [-0.3, -0.25) is 14.4 Å². The standard InChI is InChI=1S/C29H19Cl2N5O3S/c30-18-7-3-15(22(31)11-18)6-10-23(37)16-4-8-19(9-5-16)36-25(38)12-24(29(36)39)40-28-21(14-33)26(17-1-2-17)20(13-32)27(34)35-28/h3-11,17,24H,1-2,12H2,(H2,34,35)/b10-6+/t24-/m0/s1. The van der Waals surface area contributed by atoms with Gasteiger partial charge in [0.1, 0.15) is 23.0 Å². The summed E-state index contributed by atoms with van der Waals surface area (Å²) < 4.78 is 0. The van der Waals surface area contributed by atoms with Crippen LogP contribution in [0, 0.1) is 22.7 Å². The minimum atomic E-state index is -0.820. The van der Waals surface area contributed by atoms with Gasteiger partial charge in [0.05, 0.1) is 22.1 Å². The molecule has 40 heavy (non-hydrogen) atoms. The van der Waals surface area contributed by atoms with Gasteiger partial charge < -0.3 is 5.73 Å². The molecule has 1 atom stereocenters. The monoisotopic (exact) mass is 587 g/mol. The molecule has 3 aromatic rings. The highest BCUT2D eigenvalue weighted by molar-refractivity contribution is 8.00. The zero-order valence-corrected chi connectivity index (χ0v) is 23.1.